The normalized spacial score (nSPS) is 21.6. The molecule has 3 rings (SSSR count). The van der Waals surface area contributed by atoms with E-state index >= 15 is 0 Å². The number of hydrogen-bond donors (Lipinski definition) is 1. The average Bonchev–Trinajstić information content (AvgIpc) is 2.99. The summed E-state index contributed by atoms with van der Waals surface area (Å²) < 4.78 is 0. The van der Waals surface area contributed by atoms with Crippen molar-refractivity contribution in [2.75, 3.05) is 25.4 Å². The largest absolute Gasteiger partial charge is 0.368 e. The molecule has 1 aromatic heterocycles. The average molecular weight is 331 g/mol. The lowest BCUT2D eigenvalue weighted by Gasteiger charge is -2.37. The molecular weight excluding hydrogens is 306 g/mol. The minimum Gasteiger partial charge on any atom is -0.368 e. The maximum absolute atomic E-state index is 12.8. The molecule has 0 aliphatic carbocycles. The quantitative estimate of drug-likeness (QED) is 0.904. The molecule has 2 aliphatic heterocycles. The molecular formula is C17H25N5O2. The Hall–Kier alpha value is -2.18. The van der Waals surface area contributed by atoms with Gasteiger partial charge in [0.1, 0.15) is 5.69 Å². The van der Waals surface area contributed by atoms with Gasteiger partial charge in [0.25, 0.3) is 5.91 Å². The van der Waals surface area contributed by atoms with E-state index < -0.39 is 0 Å². The Kier molecular flexibility index (Phi) is 4.69. The molecule has 1 unspecified atom stereocenters. The number of rotatable bonds is 3. The van der Waals surface area contributed by atoms with Crippen molar-refractivity contribution >= 4 is 17.8 Å². The topological polar surface area (TPSA) is 92.4 Å². The van der Waals surface area contributed by atoms with E-state index in [2.05, 4.69) is 9.97 Å². The lowest BCUT2D eigenvalue weighted by atomic mass is 10.0. The molecule has 24 heavy (non-hydrogen) atoms. The van der Waals surface area contributed by atoms with E-state index in [0.717, 1.165) is 31.5 Å². The summed E-state index contributed by atoms with van der Waals surface area (Å²) in [7, 11) is 0. The van der Waals surface area contributed by atoms with Crippen molar-refractivity contribution in [3.63, 3.8) is 0 Å². The van der Waals surface area contributed by atoms with Crippen LogP contribution in [0.15, 0.2) is 6.07 Å². The van der Waals surface area contributed by atoms with Gasteiger partial charge in [0.15, 0.2) is 0 Å². The Balaban J connectivity index is 1.76. The fourth-order valence-electron chi connectivity index (χ4n) is 3.50. The lowest BCUT2D eigenvalue weighted by molar-refractivity contribution is -0.130. The predicted octanol–water partition coefficient (Wildman–Crippen LogP) is 1.41. The van der Waals surface area contributed by atoms with Crippen LogP contribution in [0, 0.1) is 0 Å². The van der Waals surface area contributed by atoms with Crippen LogP contribution in [-0.4, -0.2) is 57.3 Å². The van der Waals surface area contributed by atoms with Crippen molar-refractivity contribution in [1.82, 2.24) is 19.8 Å². The van der Waals surface area contributed by atoms with Crippen LogP contribution in [0.1, 0.15) is 61.6 Å². The van der Waals surface area contributed by atoms with Gasteiger partial charge in [-0.3, -0.25) is 9.59 Å². The summed E-state index contributed by atoms with van der Waals surface area (Å²) in [5.41, 5.74) is 6.88. The van der Waals surface area contributed by atoms with E-state index in [0.29, 0.717) is 25.2 Å². The molecule has 1 aromatic rings. The molecule has 0 aromatic carbocycles. The van der Waals surface area contributed by atoms with Gasteiger partial charge in [-0.15, -0.1) is 0 Å². The highest BCUT2D eigenvalue weighted by Gasteiger charge is 2.33. The Morgan fingerprint density at radius 3 is 2.75 bits per heavy atom. The molecule has 2 N–H and O–H groups in total. The number of nitrogens with zero attached hydrogens (tertiary/aromatic N) is 4. The van der Waals surface area contributed by atoms with Crippen LogP contribution in [0.2, 0.25) is 0 Å². The predicted molar refractivity (Wildman–Crippen MR) is 90.4 cm³/mol. The van der Waals surface area contributed by atoms with Gasteiger partial charge in [0.05, 0.1) is 0 Å². The van der Waals surface area contributed by atoms with E-state index in [4.69, 9.17) is 5.73 Å². The highest BCUT2D eigenvalue weighted by molar-refractivity contribution is 5.92. The number of piperidine rings is 1. The van der Waals surface area contributed by atoms with Crippen LogP contribution in [0.4, 0.5) is 5.95 Å². The number of carbonyl (C=O) groups excluding carboxylic acids is 2. The van der Waals surface area contributed by atoms with Gasteiger partial charge >= 0.3 is 0 Å². The standard InChI is InChI=1S/C17H25N5O2/c1-11(2)13-9-14(20-17(18)19-13)16(24)21-7-3-5-12(10-21)22-8-4-6-15(22)23/h9,11-12H,3-8,10H2,1-2H3,(H2,18,19,20). The maximum atomic E-state index is 12.8. The zero-order chi connectivity index (χ0) is 17.3. The minimum absolute atomic E-state index is 0.123. The lowest BCUT2D eigenvalue weighted by Crippen LogP contribution is -2.50. The monoisotopic (exact) mass is 331 g/mol. The smallest absolute Gasteiger partial charge is 0.272 e. The number of carbonyl (C=O) groups is 2. The molecule has 130 valence electrons. The van der Waals surface area contributed by atoms with Crippen molar-refractivity contribution in [3.05, 3.63) is 17.5 Å². The Morgan fingerprint density at radius 2 is 2.08 bits per heavy atom. The molecule has 1 atom stereocenters. The van der Waals surface area contributed by atoms with E-state index in [1.54, 1.807) is 11.0 Å². The van der Waals surface area contributed by atoms with Gasteiger partial charge in [-0.1, -0.05) is 13.8 Å². The SMILES string of the molecule is CC(C)c1cc(C(=O)N2CCCC(N3CCCC3=O)C2)nc(N)n1. The molecule has 2 saturated heterocycles. The van der Waals surface area contributed by atoms with E-state index in [1.165, 1.54) is 0 Å². The van der Waals surface area contributed by atoms with Crippen molar-refractivity contribution in [2.45, 2.75) is 51.5 Å². The summed E-state index contributed by atoms with van der Waals surface area (Å²) in [4.78, 5) is 36.9. The molecule has 2 fully saturated rings. The number of anilines is 1. The first kappa shape index (κ1) is 16.7. The highest BCUT2D eigenvalue weighted by Crippen LogP contribution is 2.23. The van der Waals surface area contributed by atoms with E-state index in [-0.39, 0.29) is 29.7 Å². The number of hydrogen-bond acceptors (Lipinski definition) is 5. The van der Waals surface area contributed by atoms with Gasteiger partial charge in [0, 0.05) is 37.8 Å². The summed E-state index contributed by atoms with van der Waals surface area (Å²) in [5.74, 6) is 0.399. The van der Waals surface area contributed by atoms with E-state index in [1.807, 2.05) is 18.7 Å². The van der Waals surface area contributed by atoms with Crippen LogP contribution in [-0.2, 0) is 4.79 Å². The molecule has 2 aliphatic rings. The molecule has 2 amide bonds. The summed E-state index contributed by atoms with van der Waals surface area (Å²) in [5, 5.41) is 0. The number of nitrogen functional groups attached to an aromatic ring is 1. The van der Waals surface area contributed by atoms with Crippen LogP contribution < -0.4 is 5.73 Å². The first-order chi connectivity index (χ1) is 11.5. The maximum Gasteiger partial charge on any atom is 0.272 e. The number of aromatic nitrogens is 2. The molecule has 0 bridgehead atoms. The fraction of sp³-hybridized carbons (Fsp3) is 0.647. The van der Waals surface area contributed by atoms with Gasteiger partial charge in [-0.25, -0.2) is 9.97 Å². The molecule has 0 spiro atoms. The van der Waals surface area contributed by atoms with Gasteiger partial charge in [-0.05, 0) is 31.2 Å². The van der Waals surface area contributed by atoms with Crippen LogP contribution in [0.3, 0.4) is 0 Å². The second-order valence-corrected chi connectivity index (χ2v) is 6.93. The Labute approximate surface area is 142 Å². The number of likely N-dealkylation sites (tertiary alicyclic amines) is 2. The zero-order valence-electron chi connectivity index (χ0n) is 14.4. The van der Waals surface area contributed by atoms with Crippen molar-refractivity contribution in [3.8, 4) is 0 Å². The van der Waals surface area contributed by atoms with Crippen LogP contribution in [0.25, 0.3) is 0 Å². The van der Waals surface area contributed by atoms with Crippen molar-refractivity contribution < 1.29 is 9.59 Å². The van der Waals surface area contributed by atoms with Gasteiger partial charge < -0.3 is 15.5 Å². The molecule has 0 saturated carbocycles. The summed E-state index contributed by atoms with van der Waals surface area (Å²) in [6, 6.07) is 1.86. The third kappa shape index (κ3) is 3.34. The first-order valence-corrected chi connectivity index (χ1v) is 8.69. The second kappa shape index (κ2) is 6.75. The molecule has 3 heterocycles. The molecule has 7 nitrogen and oxygen atoms in total. The number of nitrogens with two attached hydrogens (primary N) is 1. The van der Waals surface area contributed by atoms with Crippen LogP contribution >= 0.6 is 0 Å². The third-order valence-electron chi connectivity index (χ3n) is 4.81. The zero-order valence-corrected chi connectivity index (χ0v) is 14.4. The Morgan fingerprint density at radius 1 is 1.29 bits per heavy atom. The first-order valence-electron chi connectivity index (χ1n) is 8.69. The minimum atomic E-state index is -0.123. The van der Waals surface area contributed by atoms with Crippen molar-refractivity contribution in [2.24, 2.45) is 0 Å². The Bertz CT molecular complexity index is 646. The summed E-state index contributed by atoms with van der Waals surface area (Å²) in [6.07, 6.45) is 3.41. The highest BCUT2D eigenvalue weighted by atomic mass is 16.2. The fourth-order valence-corrected chi connectivity index (χ4v) is 3.50. The second-order valence-electron chi connectivity index (χ2n) is 6.93. The third-order valence-corrected chi connectivity index (χ3v) is 4.81. The van der Waals surface area contributed by atoms with Gasteiger partial charge in [0.2, 0.25) is 11.9 Å². The molecule has 7 heteroatoms. The summed E-state index contributed by atoms with van der Waals surface area (Å²) >= 11 is 0. The summed E-state index contributed by atoms with van der Waals surface area (Å²) in [6.45, 7) is 6.09. The number of amides is 2. The van der Waals surface area contributed by atoms with Crippen LogP contribution in [0.5, 0.6) is 0 Å². The van der Waals surface area contributed by atoms with E-state index in [9.17, 15) is 9.59 Å². The van der Waals surface area contributed by atoms with Gasteiger partial charge in [-0.2, -0.15) is 0 Å². The van der Waals surface area contributed by atoms with Crippen molar-refractivity contribution in [1.29, 1.82) is 0 Å². The molecule has 0 radical (unpaired) electrons.